The number of benzene rings is 1. The van der Waals surface area contributed by atoms with E-state index in [0.29, 0.717) is 0 Å². The van der Waals surface area contributed by atoms with Crippen LogP contribution in [-0.2, 0) is 4.74 Å². The number of carbonyl (C=O) groups excluding carboxylic acids is 1. The lowest BCUT2D eigenvalue weighted by molar-refractivity contribution is 0.0529. The number of nitrogens with zero attached hydrogens (tertiary/aromatic N) is 2. The molecule has 0 spiro atoms. The van der Waals surface area contributed by atoms with Gasteiger partial charge in [0, 0.05) is 17.1 Å². The van der Waals surface area contributed by atoms with Gasteiger partial charge in [-0.2, -0.15) is 5.10 Å². The van der Waals surface area contributed by atoms with Crippen LogP contribution in [0.3, 0.4) is 0 Å². The highest BCUT2D eigenvalue weighted by atomic mass is 16.6. The summed E-state index contributed by atoms with van der Waals surface area (Å²) in [5.41, 5.74) is 3.51. The lowest BCUT2D eigenvalue weighted by Crippen LogP contribution is -2.29. The third kappa shape index (κ3) is 4.05. The van der Waals surface area contributed by atoms with Gasteiger partial charge in [-0.15, -0.1) is 0 Å². The molecular formula is C15H17N3O2. The summed E-state index contributed by atoms with van der Waals surface area (Å²) in [5, 5.41) is 4.86. The molecule has 1 aromatic carbocycles. The maximum absolute atomic E-state index is 11.4. The molecular weight excluding hydrogens is 254 g/mol. The second-order valence-corrected chi connectivity index (χ2v) is 5.33. The second kappa shape index (κ2) is 5.69. The summed E-state index contributed by atoms with van der Waals surface area (Å²) < 4.78 is 5.07. The standard InChI is InChI=1S/C15H17N3O2/c1-15(2,3)20-14(19)18-17-10-11-8-12-6-4-5-7-13(12)16-9-11/h4-10H,1-3H3,(H,18,19)/b17-10+. The predicted octanol–water partition coefficient (Wildman–Crippen LogP) is 3.09. The number of amides is 1. The van der Waals surface area contributed by atoms with Gasteiger partial charge in [-0.1, -0.05) is 18.2 Å². The Balaban J connectivity index is 2.01. The molecule has 1 heterocycles. The Hall–Kier alpha value is -2.43. The summed E-state index contributed by atoms with van der Waals surface area (Å²) in [6.45, 7) is 5.39. The first-order valence-corrected chi connectivity index (χ1v) is 6.31. The van der Waals surface area contributed by atoms with Crippen molar-refractivity contribution >= 4 is 23.2 Å². The van der Waals surface area contributed by atoms with E-state index in [0.717, 1.165) is 16.5 Å². The van der Waals surface area contributed by atoms with E-state index >= 15 is 0 Å². The fraction of sp³-hybridized carbons (Fsp3) is 0.267. The molecule has 5 nitrogen and oxygen atoms in total. The minimum absolute atomic E-state index is 0.538. The van der Waals surface area contributed by atoms with Crippen molar-refractivity contribution in [1.29, 1.82) is 0 Å². The van der Waals surface area contributed by atoms with E-state index in [1.165, 1.54) is 6.21 Å². The lowest BCUT2D eigenvalue weighted by Gasteiger charge is -2.18. The maximum atomic E-state index is 11.4. The number of hydrogen-bond donors (Lipinski definition) is 1. The zero-order valence-electron chi connectivity index (χ0n) is 11.8. The van der Waals surface area contributed by atoms with E-state index in [1.54, 1.807) is 27.0 Å². The molecule has 0 aliphatic rings. The number of carbonyl (C=O) groups is 1. The average Bonchev–Trinajstić information content (AvgIpc) is 2.36. The Morgan fingerprint density at radius 1 is 1.35 bits per heavy atom. The van der Waals surface area contributed by atoms with E-state index in [2.05, 4.69) is 15.5 Å². The van der Waals surface area contributed by atoms with E-state index in [1.807, 2.05) is 30.3 Å². The van der Waals surface area contributed by atoms with Gasteiger partial charge < -0.3 is 4.74 Å². The van der Waals surface area contributed by atoms with Crippen molar-refractivity contribution in [3.63, 3.8) is 0 Å². The van der Waals surface area contributed by atoms with E-state index in [-0.39, 0.29) is 0 Å². The Labute approximate surface area is 117 Å². The highest BCUT2D eigenvalue weighted by Crippen LogP contribution is 2.11. The van der Waals surface area contributed by atoms with Crippen LogP contribution in [0.5, 0.6) is 0 Å². The van der Waals surface area contributed by atoms with Gasteiger partial charge in [0.05, 0.1) is 11.7 Å². The summed E-state index contributed by atoms with van der Waals surface area (Å²) in [6.07, 6.45) is 2.65. The number of nitrogens with one attached hydrogen (secondary N) is 1. The van der Waals surface area contributed by atoms with E-state index in [4.69, 9.17) is 4.74 Å². The van der Waals surface area contributed by atoms with Crippen LogP contribution in [0.2, 0.25) is 0 Å². The SMILES string of the molecule is CC(C)(C)OC(=O)N/N=C/c1cnc2ccccc2c1. The van der Waals surface area contributed by atoms with E-state index < -0.39 is 11.7 Å². The van der Waals surface area contributed by atoms with Crippen molar-refractivity contribution in [3.05, 3.63) is 42.1 Å². The third-order valence-corrected chi connectivity index (χ3v) is 2.38. The lowest BCUT2D eigenvalue weighted by atomic mass is 10.2. The van der Waals surface area contributed by atoms with Crippen LogP contribution in [-0.4, -0.2) is 22.9 Å². The van der Waals surface area contributed by atoms with Crippen molar-refractivity contribution in [3.8, 4) is 0 Å². The Bertz CT molecular complexity index is 645. The van der Waals surface area contributed by atoms with Gasteiger partial charge in [0.15, 0.2) is 0 Å². The summed E-state index contributed by atoms with van der Waals surface area (Å²) in [4.78, 5) is 15.7. The van der Waals surface area contributed by atoms with Gasteiger partial charge in [0.1, 0.15) is 5.60 Å². The van der Waals surface area contributed by atoms with Crippen molar-refractivity contribution in [2.75, 3.05) is 0 Å². The molecule has 1 N–H and O–H groups in total. The quantitative estimate of drug-likeness (QED) is 0.674. The molecule has 0 fully saturated rings. The molecule has 0 aliphatic heterocycles. The predicted molar refractivity (Wildman–Crippen MR) is 78.7 cm³/mol. The topological polar surface area (TPSA) is 63.6 Å². The smallest absolute Gasteiger partial charge is 0.428 e. The summed E-state index contributed by atoms with van der Waals surface area (Å²) in [5.74, 6) is 0. The summed E-state index contributed by atoms with van der Waals surface area (Å²) in [6, 6.07) is 9.75. The molecule has 0 atom stereocenters. The van der Waals surface area contributed by atoms with Crippen molar-refractivity contribution < 1.29 is 9.53 Å². The maximum Gasteiger partial charge on any atom is 0.428 e. The first-order valence-electron chi connectivity index (χ1n) is 6.31. The van der Waals surface area contributed by atoms with Crippen LogP contribution in [0.15, 0.2) is 41.6 Å². The van der Waals surface area contributed by atoms with Crippen molar-refractivity contribution in [1.82, 2.24) is 10.4 Å². The van der Waals surface area contributed by atoms with Gasteiger partial charge in [-0.3, -0.25) is 4.98 Å². The number of rotatable bonds is 2. The molecule has 104 valence electrons. The zero-order valence-corrected chi connectivity index (χ0v) is 11.8. The number of pyridine rings is 1. The molecule has 0 saturated heterocycles. The van der Waals surface area contributed by atoms with Gasteiger partial charge in [-0.05, 0) is 32.9 Å². The Morgan fingerprint density at radius 2 is 2.10 bits per heavy atom. The molecule has 20 heavy (non-hydrogen) atoms. The molecule has 0 bridgehead atoms. The fourth-order valence-electron chi connectivity index (χ4n) is 1.62. The number of fused-ring (bicyclic) bond motifs is 1. The summed E-state index contributed by atoms with van der Waals surface area (Å²) >= 11 is 0. The van der Waals surface area contributed by atoms with Gasteiger partial charge >= 0.3 is 6.09 Å². The number of aromatic nitrogens is 1. The number of para-hydroxylation sites is 1. The van der Waals surface area contributed by atoms with Crippen LogP contribution >= 0.6 is 0 Å². The fourth-order valence-corrected chi connectivity index (χ4v) is 1.62. The first-order chi connectivity index (χ1) is 9.44. The number of hydrazone groups is 1. The van der Waals surface area contributed by atoms with Crippen LogP contribution in [0, 0.1) is 0 Å². The molecule has 2 rings (SSSR count). The zero-order chi connectivity index (χ0) is 14.6. The number of hydrogen-bond acceptors (Lipinski definition) is 4. The number of ether oxygens (including phenoxy) is 1. The van der Waals surface area contributed by atoms with Gasteiger partial charge in [0.25, 0.3) is 0 Å². The molecule has 1 amide bonds. The average molecular weight is 271 g/mol. The van der Waals surface area contributed by atoms with Crippen LogP contribution in [0.4, 0.5) is 4.79 Å². The molecule has 0 saturated carbocycles. The van der Waals surface area contributed by atoms with Gasteiger partial charge in [-0.25, -0.2) is 10.2 Å². The summed E-state index contributed by atoms with van der Waals surface area (Å²) in [7, 11) is 0. The first kappa shape index (κ1) is 14.0. The van der Waals surface area contributed by atoms with Crippen LogP contribution in [0.25, 0.3) is 10.9 Å². The monoisotopic (exact) mass is 271 g/mol. The molecule has 0 aliphatic carbocycles. The molecule has 1 aromatic heterocycles. The van der Waals surface area contributed by atoms with Crippen molar-refractivity contribution in [2.45, 2.75) is 26.4 Å². The largest absolute Gasteiger partial charge is 0.443 e. The second-order valence-electron chi connectivity index (χ2n) is 5.33. The third-order valence-electron chi connectivity index (χ3n) is 2.38. The normalized spacial score (nSPS) is 11.8. The molecule has 5 heteroatoms. The Morgan fingerprint density at radius 3 is 2.85 bits per heavy atom. The minimum Gasteiger partial charge on any atom is -0.443 e. The molecule has 0 radical (unpaired) electrons. The molecule has 2 aromatic rings. The van der Waals surface area contributed by atoms with Gasteiger partial charge in [0.2, 0.25) is 0 Å². The van der Waals surface area contributed by atoms with Crippen LogP contribution < -0.4 is 5.43 Å². The van der Waals surface area contributed by atoms with Crippen LogP contribution in [0.1, 0.15) is 26.3 Å². The highest BCUT2D eigenvalue weighted by molar-refractivity contribution is 5.87. The minimum atomic E-state index is -0.581. The van der Waals surface area contributed by atoms with Crippen molar-refractivity contribution in [2.24, 2.45) is 5.10 Å². The highest BCUT2D eigenvalue weighted by Gasteiger charge is 2.15. The van der Waals surface area contributed by atoms with E-state index in [9.17, 15) is 4.79 Å². The molecule has 0 unspecified atom stereocenters. The Kier molecular flexibility index (Phi) is 3.98.